The monoisotopic (exact) mass is 572 g/mol. The highest BCUT2D eigenvalue weighted by atomic mass is 16.2. The number of piperidine rings is 1. The number of hydrogen-bond acceptors (Lipinski definition) is 6. The highest BCUT2D eigenvalue weighted by molar-refractivity contribution is 5.98. The molecular formula is C32H40N6O4. The van der Waals surface area contributed by atoms with Crippen molar-refractivity contribution in [2.75, 3.05) is 51.2 Å². The quantitative estimate of drug-likeness (QED) is 0.296. The van der Waals surface area contributed by atoms with Gasteiger partial charge in [-0.1, -0.05) is 36.4 Å². The number of ketones is 2. The summed E-state index contributed by atoms with van der Waals surface area (Å²) in [6, 6.07) is 12.1. The fraction of sp³-hybridized carbons (Fsp3) is 0.469. The van der Waals surface area contributed by atoms with Gasteiger partial charge in [-0.15, -0.1) is 0 Å². The number of carbonyl (C=O) groups excluding carboxylic acids is 4. The minimum Gasteiger partial charge on any atom is -0.370 e. The molecule has 1 atom stereocenters. The number of amides is 2. The molecule has 10 nitrogen and oxygen atoms in total. The zero-order valence-electron chi connectivity index (χ0n) is 24.5. The van der Waals surface area contributed by atoms with Crippen LogP contribution in [0.15, 0.2) is 42.5 Å². The molecule has 222 valence electrons. The summed E-state index contributed by atoms with van der Waals surface area (Å²) in [5.74, 6) is 0.0797. The van der Waals surface area contributed by atoms with Crippen LogP contribution in [0.25, 0.3) is 0 Å². The summed E-state index contributed by atoms with van der Waals surface area (Å²) in [6.45, 7) is 4.89. The van der Waals surface area contributed by atoms with Crippen LogP contribution in [0.3, 0.4) is 0 Å². The Morgan fingerprint density at radius 3 is 2.33 bits per heavy atom. The van der Waals surface area contributed by atoms with E-state index in [1.807, 2.05) is 39.9 Å². The van der Waals surface area contributed by atoms with Crippen molar-refractivity contribution in [3.8, 4) is 0 Å². The first-order valence-electron chi connectivity index (χ1n) is 14.7. The van der Waals surface area contributed by atoms with Crippen molar-refractivity contribution < 1.29 is 19.2 Å². The van der Waals surface area contributed by atoms with E-state index in [2.05, 4.69) is 0 Å². The number of likely N-dealkylation sites (tertiary alicyclic amines) is 1. The minimum absolute atomic E-state index is 0.0287. The Hall–Kier alpha value is -4.05. The molecule has 2 aromatic carbocycles. The van der Waals surface area contributed by atoms with Crippen LogP contribution in [0.4, 0.5) is 5.69 Å². The summed E-state index contributed by atoms with van der Waals surface area (Å²) in [4.78, 5) is 60.0. The lowest BCUT2D eigenvalue weighted by Gasteiger charge is -2.40. The summed E-state index contributed by atoms with van der Waals surface area (Å²) < 4.78 is 0. The van der Waals surface area contributed by atoms with E-state index in [0.717, 1.165) is 41.8 Å². The number of anilines is 1. The van der Waals surface area contributed by atoms with E-state index in [0.29, 0.717) is 51.1 Å². The van der Waals surface area contributed by atoms with Crippen molar-refractivity contribution in [3.05, 3.63) is 64.7 Å². The van der Waals surface area contributed by atoms with Crippen molar-refractivity contribution in [1.82, 2.24) is 14.7 Å². The number of carbonyl (C=O) groups is 4. The van der Waals surface area contributed by atoms with Crippen LogP contribution in [0.2, 0.25) is 0 Å². The zero-order chi connectivity index (χ0) is 30.0. The fourth-order valence-corrected chi connectivity index (χ4v) is 6.46. The lowest BCUT2D eigenvalue weighted by Crippen LogP contribution is -2.50. The minimum atomic E-state index is -0.756. The van der Waals surface area contributed by atoms with Gasteiger partial charge >= 0.3 is 0 Å². The van der Waals surface area contributed by atoms with E-state index >= 15 is 0 Å². The molecule has 3 aliphatic rings. The van der Waals surface area contributed by atoms with Gasteiger partial charge in [-0.25, -0.2) is 0 Å². The maximum atomic E-state index is 14.1. The third-order valence-electron chi connectivity index (χ3n) is 8.88. The van der Waals surface area contributed by atoms with Crippen molar-refractivity contribution in [2.24, 2.45) is 11.7 Å². The van der Waals surface area contributed by atoms with Crippen LogP contribution in [0, 0.1) is 11.3 Å². The summed E-state index contributed by atoms with van der Waals surface area (Å²) >= 11 is 0. The number of fused-ring (bicyclic) bond motifs is 1. The molecule has 2 aromatic rings. The number of nitrogens with one attached hydrogen (secondary N) is 1. The van der Waals surface area contributed by atoms with Crippen LogP contribution in [0.1, 0.15) is 59.3 Å². The number of Topliss-reactive ketones (excluding diaryl/α,β-unsaturated/α-hetero) is 2. The second-order valence-corrected chi connectivity index (χ2v) is 11.8. The molecule has 3 aliphatic heterocycles. The lowest BCUT2D eigenvalue weighted by molar-refractivity contribution is -0.141. The highest BCUT2D eigenvalue weighted by Gasteiger charge is 2.38. The highest BCUT2D eigenvalue weighted by Crippen LogP contribution is 2.38. The first-order valence-corrected chi connectivity index (χ1v) is 14.7. The Morgan fingerprint density at radius 2 is 1.69 bits per heavy atom. The number of piperazine rings is 1. The number of nitrogens with zero attached hydrogens (tertiary/aromatic N) is 4. The Bertz CT molecular complexity index is 1380. The Balaban J connectivity index is 1.43. The normalized spacial score (nSPS) is 19.9. The van der Waals surface area contributed by atoms with E-state index in [1.165, 1.54) is 6.92 Å². The third-order valence-corrected chi connectivity index (χ3v) is 8.88. The van der Waals surface area contributed by atoms with Crippen LogP contribution in [-0.2, 0) is 27.2 Å². The van der Waals surface area contributed by atoms with Gasteiger partial charge in [0.05, 0.1) is 6.54 Å². The van der Waals surface area contributed by atoms with Gasteiger partial charge in [-0.2, -0.15) is 0 Å². The maximum absolute atomic E-state index is 14.1. The number of guanidine groups is 1. The molecule has 0 spiro atoms. The van der Waals surface area contributed by atoms with E-state index < -0.39 is 6.04 Å². The number of nitrogens with two attached hydrogens (primary N) is 1. The Morgan fingerprint density at radius 1 is 0.976 bits per heavy atom. The van der Waals surface area contributed by atoms with Gasteiger partial charge in [0.15, 0.2) is 17.5 Å². The molecule has 0 saturated carbocycles. The first-order chi connectivity index (χ1) is 20.1. The molecule has 2 saturated heterocycles. The summed E-state index contributed by atoms with van der Waals surface area (Å²) in [7, 11) is 1.93. The average Bonchev–Trinajstić information content (AvgIpc) is 2.97. The number of benzene rings is 2. The molecular weight excluding hydrogens is 532 g/mol. The fourth-order valence-electron chi connectivity index (χ4n) is 6.46. The van der Waals surface area contributed by atoms with E-state index in [1.54, 1.807) is 29.2 Å². The van der Waals surface area contributed by atoms with Crippen LogP contribution < -0.4 is 10.6 Å². The van der Waals surface area contributed by atoms with Crippen molar-refractivity contribution in [2.45, 2.75) is 45.1 Å². The molecule has 0 aliphatic carbocycles. The molecule has 0 unspecified atom stereocenters. The van der Waals surface area contributed by atoms with Crippen LogP contribution >= 0.6 is 0 Å². The van der Waals surface area contributed by atoms with Crippen molar-refractivity contribution >= 4 is 35.0 Å². The number of hydrogen-bond donors (Lipinski definition) is 2. The lowest BCUT2D eigenvalue weighted by atomic mass is 9.85. The largest absolute Gasteiger partial charge is 0.370 e. The second kappa shape index (κ2) is 12.4. The molecule has 0 radical (unpaired) electrons. The van der Waals surface area contributed by atoms with E-state index in [-0.39, 0.29) is 41.7 Å². The van der Waals surface area contributed by atoms with Crippen molar-refractivity contribution in [3.63, 3.8) is 0 Å². The number of rotatable bonds is 7. The third kappa shape index (κ3) is 6.23. The molecule has 0 aromatic heterocycles. The summed E-state index contributed by atoms with van der Waals surface area (Å²) in [5, 5.41) is 7.69. The topological polar surface area (TPSA) is 131 Å². The summed E-state index contributed by atoms with van der Waals surface area (Å²) in [5.41, 5.74) is 9.60. The van der Waals surface area contributed by atoms with E-state index in [4.69, 9.17) is 11.1 Å². The van der Waals surface area contributed by atoms with Crippen LogP contribution in [0.5, 0.6) is 0 Å². The molecule has 5 rings (SSSR count). The van der Waals surface area contributed by atoms with Crippen molar-refractivity contribution in [1.29, 1.82) is 5.41 Å². The molecule has 10 heteroatoms. The molecule has 42 heavy (non-hydrogen) atoms. The molecule has 2 amide bonds. The second-order valence-electron chi connectivity index (χ2n) is 11.8. The van der Waals surface area contributed by atoms with Gasteiger partial charge in [0.25, 0.3) is 0 Å². The standard InChI is InChI=1S/C32H40N6O4/c1-21(39)24-8-6-22(7-9-24)18-28(40)31-26-4-3-5-27(37-17-16-35(2)20-30(37)42)25(26)12-15-38(31)29(41)19-23-10-13-36(14-11-23)32(33)34/h3-9,23,31H,10-20H2,1-2H3,(H3,33,34)/t31-/m0/s1. The van der Waals surface area contributed by atoms with Gasteiger partial charge in [0.2, 0.25) is 11.8 Å². The Kier molecular flexibility index (Phi) is 8.72. The Labute approximate surface area is 246 Å². The van der Waals surface area contributed by atoms with Gasteiger partial charge in [-0.3, -0.25) is 29.5 Å². The predicted molar refractivity (Wildman–Crippen MR) is 160 cm³/mol. The molecule has 3 heterocycles. The van der Waals surface area contributed by atoms with Crippen LogP contribution in [-0.4, -0.2) is 90.4 Å². The number of likely N-dealkylation sites (N-methyl/N-ethyl adjacent to an activating group) is 1. The predicted octanol–water partition coefficient (Wildman–Crippen LogP) is 2.40. The van der Waals surface area contributed by atoms with Gasteiger partial charge in [0.1, 0.15) is 6.04 Å². The first kappa shape index (κ1) is 29.4. The zero-order valence-corrected chi connectivity index (χ0v) is 24.5. The van der Waals surface area contributed by atoms with Gasteiger partial charge in [-0.05, 0) is 61.9 Å². The molecule has 2 fully saturated rings. The maximum Gasteiger partial charge on any atom is 0.241 e. The molecule has 3 N–H and O–H groups in total. The average molecular weight is 573 g/mol. The SMILES string of the molecule is CC(=O)c1ccc(CC(=O)[C@@H]2c3cccc(N4CCN(C)CC4=O)c3CCN2C(=O)CC2CCN(C(=N)N)CC2)cc1. The smallest absolute Gasteiger partial charge is 0.241 e. The molecule has 0 bridgehead atoms. The van der Waals surface area contributed by atoms with Gasteiger partial charge in [0, 0.05) is 56.8 Å². The van der Waals surface area contributed by atoms with Gasteiger partial charge < -0.3 is 20.4 Å². The summed E-state index contributed by atoms with van der Waals surface area (Å²) in [6.07, 6.45) is 2.57. The van der Waals surface area contributed by atoms with E-state index in [9.17, 15) is 19.2 Å².